The molecule has 6 heteroatoms. The first-order chi connectivity index (χ1) is 10.6. The molecule has 0 aliphatic heterocycles. The molecule has 0 unspecified atom stereocenters. The van der Waals surface area contributed by atoms with Crippen LogP contribution in [-0.2, 0) is 0 Å². The van der Waals surface area contributed by atoms with Crippen molar-refractivity contribution in [2.75, 3.05) is 0 Å². The van der Waals surface area contributed by atoms with Crippen LogP contribution >= 0.6 is 0 Å². The van der Waals surface area contributed by atoms with Gasteiger partial charge >= 0.3 is 6.01 Å². The van der Waals surface area contributed by atoms with Crippen molar-refractivity contribution in [2.24, 2.45) is 0 Å². The van der Waals surface area contributed by atoms with Gasteiger partial charge in [0.05, 0.1) is 5.56 Å². The fraction of sp³-hybridized carbons (Fsp3) is 0.0625. The molecule has 0 spiro atoms. The Morgan fingerprint density at radius 2 is 1.86 bits per heavy atom. The van der Waals surface area contributed by atoms with E-state index in [0.717, 1.165) is 0 Å². The van der Waals surface area contributed by atoms with Crippen LogP contribution in [0.15, 0.2) is 53.1 Å². The van der Waals surface area contributed by atoms with Crippen LogP contribution in [0, 0.1) is 5.82 Å². The Morgan fingerprint density at radius 1 is 1.14 bits per heavy atom. The highest BCUT2D eigenvalue weighted by molar-refractivity contribution is 5.94. The molecule has 0 N–H and O–H groups in total. The van der Waals surface area contributed by atoms with E-state index in [1.807, 2.05) is 0 Å². The standard InChI is InChI=1S/C16H11FN2O3/c1-10(20)11-6-8-12(9-7-11)21-16-18-15(22-19-16)13-4-2-3-5-14(13)17/h2-9H,1H3. The Kier molecular flexibility index (Phi) is 3.65. The highest BCUT2D eigenvalue weighted by Crippen LogP contribution is 2.25. The number of aromatic nitrogens is 2. The number of ether oxygens (including phenoxy) is 1. The average Bonchev–Trinajstić information content (AvgIpc) is 2.96. The first-order valence-electron chi connectivity index (χ1n) is 6.51. The van der Waals surface area contributed by atoms with Gasteiger partial charge in [-0.2, -0.15) is 4.98 Å². The van der Waals surface area contributed by atoms with Gasteiger partial charge in [0.2, 0.25) is 0 Å². The number of ketones is 1. The summed E-state index contributed by atoms with van der Waals surface area (Å²) in [6.45, 7) is 1.48. The van der Waals surface area contributed by atoms with Crippen LogP contribution in [0.1, 0.15) is 17.3 Å². The predicted molar refractivity (Wildman–Crippen MR) is 76.2 cm³/mol. The molecule has 1 heterocycles. The van der Waals surface area contributed by atoms with Crippen molar-refractivity contribution < 1.29 is 18.4 Å². The summed E-state index contributed by atoms with van der Waals surface area (Å²) in [5, 5.41) is 3.64. The third kappa shape index (κ3) is 2.85. The van der Waals surface area contributed by atoms with Crippen molar-refractivity contribution in [3.8, 4) is 23.2 Å². The molecule has 3 rings (SSSR count). The number of carbonyl (C=O) groups excluding carboxylic acids is 1. The van der Waals surface area contributed by atoms with Crippen molar-refractivity contribution in [1.29, 1.82) is 0 Å². The number of nitrogens with zero attached hydrogens (tertiary/aromatic N) is 2. The smallest absolute Gasteiger partial charge is 0.360 e. The van der Waals surface area contributed by atoms with Crippen molar-refractivity contribution in [2.45, 2.75) is 6.92 Å². The Balaban J connectivity index is 1.80. The molecule has 0 amide bonds. The topological polar surface area (TPSA) is 65.2 Å². The third-order valence-corrected chi connectivity index (χ3v) is 2.98. The van der Waals surface area contributed by atoms with Gasteiger partial charge in [0.25, 0.3) is 5.89 Å². The maximum atomic E-state index is 13.6. The lowest BCUT2D eigenvalue weighted by molar-refractivity contribution is 0.101. The van der Waals surface area contributed by atoms with E-state index in [1.165, 1.54) is 19.1 Å². The zero-order valence-electron chi connectivity index (χ0n) is 11.6. The summed E-state index contributed by atoms with van der Waals surface area (Å²) < 4.78 is 24.0. The summed E-state index contributed by atoms with van der Waals surface area (Å²) in [5.74, 6) is -0.00389. The highest BCUT2D eigenvalue weighted by Gasteiger charge is 2.14. The monoisotopic (exact) mass is 298 g/mol. The summed E-state index contributed by atoms with van der Waals surface area (Å²) in [4.78, 5) is 15.2. The van der Waals surface area contributed by atoms with E-state index in [9.17, 15) is 9.18 Å². The minimum Gasteiger partial charge on any atom is -0.422 e. The fourth-order valence-electron chi connectivity index (χ4n) is 1.86. The zero-order chi connectivity index (χ0) is 15.5. The summed E-state index contributed by atoms with van der Waals surface area (Å²) in [7, 11) is 0. The lowest BCUT2D eigenvalue weighted by Crippen LogP contribution is -1.92. The quantitative estimate of drug-likeness (QED) is 0.684. The van der Waals surface area contributed by atoms with Crippen molar-refractivity contribution >= 4 is 5.78 Å². The van der Waals surface area contributed by atoms with Crippen molar-refractivity contribution in [3.05, 3.63) is 59.9 Å². The van der Waals surface area contributed by atoms with E-state index in [-0.39, 0.29) is 23.2 Å². The largest absolute Gasteiger partial charge is 0.422 e. The van der Waals surface area contributed by atoms with Gasteiger partial charge in [-0.3, -0.25) is 4.79 Å². The minimum atomic E-state index is -0.455. The highest BCUT2D eigenvalue weighted by atomic mass is 19.1. The Bertz CT molecular complexity index is 812. The van der Waals surface area contributed by atoms with Crippen LogP contribution in [-0.4, -0.2) is 15.9 Å². The molecule has 3 aromatic rings. The van der Waals surface area contributed by atoms with Crippen LogP contribution in [0.2, 0.25) is 0 Å². The average molecular weight is 298 g/mol. The molecule has 0 saturated heterocycles. The van der Waals surface area contributed by atoms with Gasteiger partial charge < -0.3 is 9.26 Å². The summed E-state index contributed by atoms with van der Waals surface area (Å²) in [5.41, 5.74) is 0.782. The molecule has 0 atom stereocenters. The minimum absolute atomic E-state index is 0.0335. The maximum absolute atomic E-state index is 13.6. The van der Waals surface area contributed by atoms with Gasteiger partial charge in [0.1, 0.15) is 11.6 Å². The molecule has 5 nitrogen and oxygen atoms in total. The van der Waals surface area contributed by atoms with E-state index < -0.39 is 5.82 Å². The van der Waals surface area contributed by atoms with Crippen LogP contribution in [0.4, 0.5) is 4.39 Å². The van der Waals surface area contributed by atoms with Gasteiger partial charge in [0.15, 0.2) is 5.78 Å². The van der Waals surface area contributed by atoms with E-state index in [1.54, 1.807) is 36.4 Å². The second kappa shape index (κ2) is 5.77. The summed E-state index contributed by atoms with van der Waals surface area (Å²) in [6.07, 6.45) is 0. The van der Waals surface area contributed by atoms with Crippen LogP contribution in [0.5, 0.6) is 11.8 Å². The molecule has 2 aromatic carbocycles. The normalized spacial score (nSPS) is 10.5. The second-order valence-corrected chi connectivity index (χ2v) is 4.54. The van der Waals surface area contributed by atoms with Gasteiger partial charge in [-0.05, 0) is 48.5 Å². The third-order valence-electron chi connectivity index (χ3n) is 2.98. The number of rotatable bonds is 4. The first kappa shape index (κ1) is 13.9. The van der Waals surface area contributed by atoms with Crippen LogP contribution < -0.4 is 4.74 Å². The Hall–Kier alpha value is -3.02. The molecule has 0 radical (unpaired) electrons. The van der Waals surface area contributed by atoms with Crippen molar-refractivity contribution in [3.63, 3.8) is 0 Å². The Morgan fingerprint density at radius 3 is 2.55 bits per heavy atom. The first-order valence-corrected chi connectivity index (χ1v) is 6.51. The second-order valence-electron chi connectivity index (χ2n) is 4.54. The fourth-order valence-corrected chi connectivity index (χ4v) is 1.86. The predicted octanol–water partition coefficient (Wildman–Crippen LogP) is 3.87. The molecule has 0 fully saturated rings. The maximum Gasteiger partial charge on any atom is 0.360 e. The van der Waals surface area contributed by atoms with Crippen LogP contribution in [0.3, 0.4) is 0 Å². The molecule has 0 bridgehead atoms. The van der Waals surface area contributed by atoms with E-state index in [0.29, 0.717) is 11.3 Å². The van der Waals surface area contributed by atoms with E-state index in [4.69, 9.17) is 9.26 Å². The SMILES string of the molecule is CC(=O)c1ccc(Oc2noc(-c3ccccc3F)n2)cc1. The zero-order valence-corrected chi connectivity index (χ0v) is 11.6. The number of halogens is 1. The lowest BCUT2D eigenvalue weighted by Gasteiger charge is -2.00. The van der Waals surface area contributed by atoms with Gasteiger partial charge in [-0.15, -0.1) is 0 Å². The molecule has 0 aliphatic rings. The van der Waals surface area contributed by atoms with Gasteiger partial charge in [-0.25, -0.2) is 4.39 Å². The summed E-state index contributed by atoms with van der Waals surface area (Å²) in [6, 6.07) is 12.6. The van der Waals surface area contributed by atoms with Crippen LogP contribution in [0.25, 0.3) is 11.5 Å². The number of Topliss-reactive ketones (excluding diaryl/α,β-unsaturated/α-hetero) is 1. The summed E-state index contributed by atoms with van der Waals surface area (Å²) >= 11 is 0. The molecular formula is C16H11FN2O3. The number of hydrogen-bond donors (Lipinski definition) is 0. The van der Waals surface area contributed by atoms with E-state index in [2.05, 4.69) is 10.1 Å². The molecule has 0 aliphatic carbocycles. The molecule has 1 aromatic heterocycles. The number of benzene rings is 2. The van der Waals surface area contributed by atoms with Gasteiger partial charge in [0, 0.05) is 5.56 Å². The molecule has 0 saturated carbocycles. The Labute approximate surface area is 125 Å². The lowest BCUT2D eigenvalue weighted by atomic mass is 10.1. The molecule has 110 valence electrons. The molecular weight excluding hydrogens is 287 g/mol. The van der Waals surface area contributed by atoms with Crippen molar-refractivity contribution in [1.82, 2.24) is 10.1 Å². The molecule has 22 heavy (non-hydrogen) atoms. The number of hydrogen-bond acceptors (Lipinski definition) is 5. The van der Waals surface area contributed by atoms with Gasteiger partial charge in [-0.1, -0.05) is 12.1 Å². The number of carbonyl (C=O) groups is 1. The van der Waals surface area contributed by atoms with E-state index >= 15 is 0 Å².